The highest BCUT2D eigenvalue weighted by Gasteiger charge is 2.49. The monoisotopic (exact) mass is 662 g/mol. The van der Waals surface area contributed by atoms with Crippen LogP contribution in [-0.2, 0) is 26.1 Å². The van der Waals surface area contributed by atoms with Crippen molar-refractivity contribution in [3.8, 4) is 0 Å². The van der Waals surface area contributed by atoms with Gasteiger partial charge in [-0.3, -0.25) is 19.5 Å². The van der Waals surface area contributed by atoms with Gasteiger partial charge in [0.2, 0.25) is 5.91 Å². The van der Waals surface area contributed by atoms with Gasteiger partial charge in [-0.2, -0.15) is 0 Å². The van der Waals surface area contributed by atoms with Crippen molar-refractivity contribution >= 4 is 48.5 Å². The summed E-state index contributed by atoms with van der Waals surface area (Å²) in [4.78, 5) is 59.3. The van der Waals surface area contributed by atoms with Crippen molar-refractivity contribution in [2.75, 3.05) is 36.4 Å². The van der Waals surface area contributed by atoms with E-state index < -0.39 is 48.8 Å². The number of nitrogens with zero attached hydrogens (tertiary/aromatic N) is 1. The summed E-state index contributed by atoms with van der Waals surface area (Å²) in [7, 11) is -4.17. The van der Waals surface area contributed by atoms with Gasteiger partial charge < -0.3 is 30.1 Å². The van der Waals surface area contributed by atoms with Crippen LogP contribution < -0.4 is 16.0 Å². The lowest BCUT2D eigenvalue weighted by atomic mass is 9.82. The first-order valence-electron chi connectivity index (χ1n) is 14.0. The van der Waals surface area contributed by atoms with Crippen molar-refractivity contribution in [2.45, 2.75) is 30.9 Å². The predicted octanol–water partition coefficient (Wildman–Crippen LogP) is 4.63. The fourth-order valence-corrected chi connectivity index (χ4v) is 6.17. The summed E-state index contributed by atoms with van der Waals surface area (Å²) < 4.78 is 46.1. The zero-order valence-corrected chi connectivity index (χ0v) is 25.4. The van der Waals surface area contributed by atoms with Crippen LogP contribution >= 0.6 is 19.2 Å². The van der Waals surface area contributed by atoms with Crippen molar-refractivity contribution in [3.05, 3.63) is 94.0 Å². The van der Waals surface area contributed by atoms with Gasteiger partial charge in [0, 0.05) is 30.8 Å². The Morgan fingerprint density at radius 1 is 1.13 bits per heavy atom. The molecule has 11 nitrogen and oxygen atoms in total. The number of benzene rings is 3. The molecule has 2 aliphatic heterocycles. The summed E-state index contributed by atoms with van der Waals surface area (Å²) in [5, 5.41) is 7.89. The number of nitrogens with one attached hydrogen (secondary N) is 3. The quantitative estimate of drug-likeness (QED) is 0.208. The van der Waals surface area contributed by atoms with Gasteiger partial charge in [0.05, 0.1) is 29.0 Å². The number of anilines is 2. The number of likely N-dealkylation sites (tertiary alicyclic amines) is 1. The minimum absolute atomic E-state index is 0.0172. The molecule has 15 heteroatoms. The highest BCUT2D eigenvalue weighted by atomic mass is 35.5. The molecule has 1 fully saturated rings. The summed E-state index contributed by atoms with van der Waals surface area (Å²) in [6.45, 7) is 0.0465. The number of hydrogen-bond acceptors (Lipinski definition) is 6. The largest absolute Gasteiger partial charge is 0.436 e. The first-order valence-corrected chi connectivity index (χ1v) is 16.2. The molecule has 1 saturated heterocycles. The third kappa shape index (κ3) is 7.62. The smallest absolute Gasteiger partial charge is 0.412 e. The molecule has 2 atom stereocenters. The zero-order chi connectivity index (χ0) is 32.4. The van der Waals surface area contributed by atoms with E-state index in [1.54, 1.807) is 18.2 Å². The van der Waals surface area contributed by atoms with Gasteiger partial charge in [-0.15, -0.1) is 0 Å². The maximum atomic E-state index is 15.4. The van der Waals surface area contributed by atoms with E-state index in [0.717, 1.165) is 0 Å². The van der Waals surface area contributed by atoms with E-state index in [2.05, 4.69) is 16.0 Å². The summed E-state index contributed by atoms with van der Waals surface area (Å²) in [6.07, 6.45) is -0.655. The average molecular weight is 663 g/mol. The Morgan fingerprint density at radius 2 is 1.89 bits per heavy atom. The number of carbonyl (C=O) groups excluding carboxylic acids is 3. The maximum Gasteiger partial charge on any atom is 0.412 e. The fraction of sp³-hybridized carbons (Fsp3) is 0.300. The molecule has 3 aromatic rings. The molecule has 0 aromatic heterocycles. The molecule has 2 aliphatic rings. The van der Waals surface area contributed by atoms with Crippen LogP contribution in [-0.4, -0.2) is 64.4 Å². The third-order valence-electron chi connectivity index (χ3n) is 7.65. The SMILES string of the molecule is O=C1Nc2ccc(Cl)c(F)c2[C@@]2(CCCN(C(=O)[C@H](Cc3cccc(F)c3)NC(=O)c3ccc(NCCP(=O)(O)O)cc3)C2)O1. The van der Waals surface area contributed by atoms with Crippen LogP contribution in [0.1, 0.15) is 34.3 Å². The topological polar surface area (TPSA) is 157 Å². The molecule has 3 amide bonds. The van der Waals surface area contributed by atoms with E-state index >= 15 is 4.39 Å². The highest BCUT2D eigenvalue weighted by Crippen LogP contribution is 2.45. The molecular formula is C30H30ClF2N4O7P. The number of amides is 3. The molecule has 238 valence electrons. The number of halogens is 3. The lowest BCUT2D eigenvalue weighted by molar-refractivity contribution is -0.141. The Bertz CT molecular complexity index is 1670. The fourth-order valence-electron chi connectivity index (χ4n) is 5.61. The van der Waals surface area contributed by atoms with Crippen LogP contribution in [0.15, 0.2) is 60.7 Å². The van der Waals surface area contributed by atoms with Crippen LogP contribution in [0, 0.1) is 11.6 Å². The van der Waals surface area contributed by atoms with Crippen LogP contribution in [0.25, 0.3) is 0 Å². The molecule has 3 aromatic carbocycles. The molecule has 0 radical (unpaired) electrons. The maximum absolute atomic E-state index is 15.4. The van der Waals surface area contributed by atoms with Gasteiger partial charge in [-0.05, 0) is 66.9 Å². The second kappa shape index (κ2) is 13.1. The molecule has 45 heavy (non-hydrogen) atoms. The van der Waals surface area contributed by atoms with Crippen molar-refractivity contribution in [1.82, 2.24) is 10.2 Å². The standard InChI is InChI=1S/C30H30ClF2N4O7P/c31-22-9-10-23-25(26(22)33)30(44-29(40)36-23)11-2-13-37(17-30)28(39)24(16-18-3-1-4-20(32)15-18)35-27(38)19-5-7-21(8-6-19)34-12-14-45(41,42)43/h1,3-10,15,24,34H,2,11-14,16-17H2,(H,35,38)(H,36,40)(H2,41,42,43)/t24-,30-/m0/s1. The Hall–Kier alpha value is -4.03. The van der Waals surface area contributed by atoms with E-state index in [-0.39, 0.29) is 60.5 Å². The zero-order valence-electron chi connectivity index (χ0n) is 23.8. The first-order chi connectivity index (χ1) is 21.3. The van der Waals surface area contributed by atoms with Gasteiger partial charge in [-0.1, -0.05) is 23.7 Å². The van der Waals surface area contributed by atoms with Crippen LogP contribution in [0.2, 0.25) is 5.02 Å². The van der Waals surface area contributed by atoms with Gasteiger partial charge in [0.25, 0.3) is 5.91 Å². The minimum Gasteiger partial charge on any atom is -0.436 e. The second-order valence-corrected chi connectivity index (χ2v) is 13.1. The summed E-state index contributed by atoms with van der Waals surface area (Å²) in [6, 6.07) is 13.3. The van der Waals surface area contributed by atoms with Gasteiger partial charge in [0.1, 0.15) is 11.9 Å². The Labute approximate surface area is 262 Å². The number of rotatable bonds is 9. The van der Waals surface area contributed by atoms with E-state index in [9.17, 15) is 23.3 Å². The predicted molar refractivity (Wildman–Crippen MR) is 162 cm³/mol. The average Bonchev–Trinajstić information content (AvgIpc) is 2.98. The molecular weight excluding hydrogens is 633 g/mol. The molecule has 5 rings (SSSR count). The number of carbonyl (C=O) groups is 3. The van der Waals surface area contributed by atoms with Crippen molar-refractivity contribution in [2.24, 2.45) is 0 Å². The van der Waals surface area contributed by atoms with Gasteiger partial charge in [-0.25, -0.2) is 13.6 Å². The van der Waals surface area contributed by atoms with Gasteiger partial charge in [0.15, 0.2) is 11.4 Å². The molecule has 0 bridgehead atoms. The van der Waals surface area contributed by atoms with Crippen molar-refractivity contribution in [1.29, 1.82) is 0 Å². The normalized spacial score (nSPS) is 18.4. The molecule has 2 heterocycles. The summed E-state index contributed by atoms with van der Waals surface area (Å²) >= 11 is 6.07. The van der Waals surface area contributed by atoms with Crippen LogP contribution in [0.4, 0.5) is 25.0 Å². The van der Waals surface area contributed by atoms with E-state index in [0.29, 0.717) is 17.7 Å². The van der Waals surface area contributed by atoms with Gasteiger partial charge >= 0.3 is 13.7 Å². The lowest BCUT2D eigenvalue weighted by Gasteiger charge is -2.45. The number of ether oxygens (including phenoxy) is 1. The number of fused-ring (bicyclic) bond motifs is 2. The van der Waals surface area contributed by atoms with E-state index in [1.807, 2.05) is 0 Å². The van der Waals surface area contributed by atoms with E-state index in [1.165, 1.54) is 47.4 Å². The summed E-state index contributed by atoms with van der Waals surface area (Å²) in [5.41, 5.74) is -0.132. The lowest BCUT2D eigenvalue weighted by Crippen LogP contribution is -2.57. The number of hydrogen-bond donors (Lipinski definition) is 5. The molecule has 0 aliphatic carbocycles. The Balaban J connectivity index is 1.38. The number of piperidine rings is 1. The first kappa shape index (κ1) is 32.4. The third-order valence-corrected chi connectivity index (χ3v) is 8.75. The van der Waals surface area contributed by atoms with Crippen LogP contribution in [0.5, 0.6) is 0 Å². The van der Waals surface area contributed by atoms with Crippen molar-refractivity contribution < 1.29 is 42.3 Å². The molecule has 5 N–H and O–H groups in total. The minimum atomic E-state index is -4.17. The van der Waals surface area contributed by atoms with Crippen molar-refractivity contribution in [3.63, 3.8) is 0 Å². The van der Waals surface area contributed by atoms with E-state index in [4.69, 9.17) is 26.1 Å². The van der Waals surface area contributed by atoms with Crippen LogP contribution in [0.3, 0.4) is 0 Å². The summed E-state index contributed by atoms with van der Waals surface area (Å²) in [5.74, 6) is -2.43. The molecule has 1 spiro atoms. The Kier molecular flexibility index (Phi) is 9.45. The Morgan fingerprint density at radius 3 is 2.60 bits per heavy atom. The second-order valence-electron chi connectivity index (χ2n) is 10.9. The molecule has 0 unspecified atom stereocenters. The molecule has 0 saturated carbocycles. The highest BCUT2D eigenvalue weighted by molar-refractivity contribution is 7.51.